The van der Waals surface area contributed by atoms with Gasteiger partial charge in [-0.25, -0.2) is 0 Å². The van der Waals surface area contributed by atoms with E-state index in [1.807, 2.05) is 60.9 Å². The molecule has 6 heteroatoms. The molecule has 0 saturated carbocycles. The Morgan fingerprint density at radius 1 is 1.15 bits per heavy atom. The molecule has 26 heavy (non-hydrogen) atoms. The van der Waals surface area contributed by atoms with E-state index in [1.165, 1.54) is 0 Å². The molecule has 0 aliphatic rings. The van der Waals surface area contributed by atoms with Crippen LogP contribution < -0.4 is 15.8 Å². The SMILES string of the molecule is CSCCC(N)C(O)C(=O)NCCc1ccc(Oc2ccccc2)cc1. The molecule has 0 aromatic heterocycles. The minimum Gasteiger partial charge on any atom is -0.457 e. The lowest BCUT2D eigenvalue weighted by molar-refractivity contribution is -0.130. The zero-order chi connectivity index (χ0) is 18.8. The minimum absolute atomic E-state index is 0.414. The number of aliphatic hydroxyl groups excluding tert-OH is 1. The summed E-state index contributed by atoms with van der Waals surface area (Å²) in [6.07, 6.45) is 2.08. The number of hydrogen-bond acceptors (Lipinski definition) is 5. The summed E-state index contributed by atoms with van der Waals surface area (Å²) in [4.78, 5) is 11.9. The molecule has 0 aliphatic heterocycles. The monoisotopic (exact) mass is 374 g/mol. The van der Waals surface area contributed by atoms with Crippen LogP contribution in [0.15, 0.2) is 54.6 Å². The van der Waals surface area contributed by atoms with E-state index in [0.717, 1.165) is 22.8 Å². The van der Waals surface area contributed by atoms with E-state index in [0.29, 0.717) is 19.4 Å². The van der Waals surface area contributed by atoms with E-state index >= 15 is 0 Å². The number of rotatable bonds is 10. The highest BCUT2D eigenvalue weighted by Crippen LogP contribution is 2.21. The average Bonchev–Trinajstić information content (AvgIpc) is 2.67. The van der Waals surface area contributed by atoms with Crippen molar-refractivity contribution in [1.82, 2.24) is 5.32 Å². The van der Waals surface area contributed by atoms with Gasteiger partial charge in [0.1, 0.15) is 17.6 Å². The first-order valence-corrected chi connectivity index (χ1v) is 10.0. The Kier molecular flexibility index (Phi) is 8.47. The minimum atomic E-state index is -1.16. The first-order valence-electron chi connectivity index (χ1n) is 8.62. The third-order valence-electron chi connectivity index (χ3n) is 3.94. The van der Waals surface area contributed by atoms with Crippen LogP contribution in [0.2, 0.25) is 0 Å². The maximum absolute atomic E-state index is 11.9. The van der Waals surface area contributed by atoms with Gasteiger partial charge in [0.2, 0.25) is 5.91 Å². The van der Waals surface area contributed by atoms with Crippen LogP contribution in [0.25, 0.3) is 0 Å². The summed E-state index contributed by atoms with van der Waals surface area (Å²) in [5.41, 5.74) is 6.90. The Labute approximate surface area is 158 Å². The lowest BCUT2D eigenvalue weighted by atomic mass is 10.1. The predicted molar refractivity (Wildman–Crippen MR) is 107 cm³/mol. The largest absolute Gasteiger partial charge is 0.457 e. The summed E-state index contributed by atoms with van der Waals surface area (Å²) in [7, 11) is 0. The van der Waals surface area contributed by atoms with Crippen LogP contribution in [-0.4, -0.2) is 41.7 Å². The van der Waals surface area contributed by atoms with Crippen LogP contribution in [0.1, 0.15) is 12.0 Å². The van der Waals surface area contributed by atoms with Crippen molar-refractivity contribution in [2.45, 2.75) is 25.0 Å². The fourth-order valence-electron chi connectivity index (χ4n) is 2.39. The van der Waals surface area contributed by atoms with Crippen molar-refractivity contribution in [3.63, 3.8) is 0 Å². The zero-order valence-corrected chi connectivity index (χ0v) is 15.7. The van der Waals surface area contributed by atoms with Gasteiger partial charge in [-0.2, -0.15) is 11.8 Å². The normalized spacial score (nSPS) is 13.0. The number of amides is 1. The number of hydrogen-bond donors (Lipinski definition) is 3. The van der Waals surface area contributed by atoms with Crippen LogP contribution in [0.5, 0.6) is 11.5 Å². The molecule has 0 aliphatic carbocycles. The van der Waals surface area contributed by atoms with Gasteiger partial charge in [-0.15, -0.1) is 0 Å². The quantitative estimate of drug-likeness (QED) is 0.595. The predicted octanol–water partition coefficient (Wildman–Crippen LogP) is 2.58. The molecule has 0 fully saturated rings. The van der Waals surface area contributed by atoms with Crippen molar-refractivity contribution < 1.29 is 14.6 Å². The number of benzene rings is 2. The van der Waals surface area contributed by atoms with E-state index in [1.54, 1.807) is 11.8 Å². The molecule has 2 unspecified atom stereocenters. The molecule has 2 rings (SSSR count). The second-order valence-electron chi connectivity index (χ2n) is 5.99. The van der Waals surface area contributed by atoms with Gasteiger partial charge in [-0.3, -0.25) is 4.79 Å². The van der Waals surface area contributed by atoms with Gasteiger partial charge in [0, 0.05) is 12.6 Å². The third kappa shape index (κ3) is 6.71. The highest BCUT2D eigenvalue weighted by molar-refractivity contribution is 7.98. The molecule has 0 saturated heterocycles. The number of nitrogens with two attached hydrogens (primary N) is 1. The first-order chi connectivity index (χ1) is 12.6. The molecule has 1 amide bonds. The van der Waals surface area contributed by atoms with E-state index in [9.17, 15) is 9.90 Å². The number of thioether (sulfide) groups is 1. The summed E-state index contributed by atoms with van der Waals surface area (Å²) in [5.74, 6) is 1.96. The maximum Gasteiger partial charge on any atom is 0.250 e. The van der Waals surface area contributed by atoms with Crippen molar-refractivity contribution in [1.29, 1.82) is 0 Å². The van der Waals surface area contributed by atoms with Crippen molar-refractivity contribution in [3.8, 4) is 11.5 Å². The summed E-state index contributed by atoms with van der Waals surface area (Å²) < 4.78 is 5.75. The Balaban J connectivity index is 1.74. The standard InChI is InChI=1S/C20H26N2O3S/c1-26-14-12-18(21)19(23)20(24)22-13-11-15-7-9-17(10-8-15)25-16-5-3-2-4-6-16/h2-10,18-19,23H,11-14,21H2,1H3,(H,22,24). The van der Waals surface area contributed by atoms with E-state index in [-0.39, 0.29) is 0 Å². The lowest BCUT2D eigenvalue weighted by Gasteiger charge is -2.18. The Hall–Kier alpha value is -2.02. The Bertz CT molecular complexity index is 665. The first kappa shape index (κ1) is 20.3. The van der Waals surface area contributed by atoms with E-state index in [4.69, 9.17) is 10.5 Å². The number of nitrogens with one attached hydrogen (secondary N) is 1. The molecule has 0 bridgehead atoms. The molecule has 5 nitrogen and oxygen atoms in total. The number of carbonyl (C=O) groups excluding carboxylic acids is 1. The van der Waals surface area contributed by atoms with Crippen LogP contribution in [-0.2, 0) is 11.2 Å². The molecule has 0 radical (unpaired) electrons. The molecule has 0 spiro atoms. The summed E-state index contributed by atoms with van der Waals surface area (Å²) in [5, 5.41) is 12.7. The molecule has 2 aromatic carbocycles. The van der Waals surface area contributed by atoms with E-state index in [2.05, 4.69) is 5.32 Å². The number of para-hydroxylation sites is 1. The number of carbonyl (C=O) groups is 1. The molecular formula is C20H26N2O3S. The second kappa shape index (κ2) is 10.9. The summed E-state index contributed by atoms with van der Waals surface area (Å²) >= 11 is 1.64. The molecule has 0 heterocycles. The van der Waals surface area contributed by atoms with Gasteiger partial charge in [0.25, 0.3) is 0 Å². The van der Waals surface area contributed by atoms with Gasteiger partial charge in [0.05, 0.1) is 0 Å². The molecule has 140 valence electrons. The Morgan fingerprint density at radius 2 is 1.81 bits per heavy atom. The van der Waals surface area contributed by atoms with Gasteiger partial charge < -0.3 is 20.9 Å². The van der Waals surface area contributed by atoms with Crippen LogP contribution in [0, 0.1) is 0 Å². The van der Waals surface area contributed by atoms with Crippen LogP contribution in [0.4, 0.5) is 0 Å². The fraction of sp³-hybridized carbons (Fsp3) is 0.350. The van der Waals surface area contributed by atoms with Gasteiger partial charge >= 0.3 is 0 Å². The van der Waals surface area contributed by atoms with Gasteiger partial charge in [-0.05, 0) is 54.7 Å². The smallest absolute Gasteiger partial charge is 0.250 e. The van der Waals surface area contributed by atoms with Crippen molar-refractivity contribution >= 4 is 17.7 Å². The molecule has 4 N–H and O–H groups in total. The zero-order valence-electron chi connectivity index (χ0n) is 14.9. The van der Waals surface area contributed by atoms with Crippen molar-refractivity contribution in [2.24, 2.45) is 5.73 Å². The van der Waals surface area contributed by atoms with Crippen molar-refractivity contribution in [3.05, 3.63) is 60.2 Å². The third-order valence-corrected chi connectivity index (χ3v) is 4.59. The number of ether oxygens (including phenoxy) is 1. The summed E-state index contributed by atoms with van der Waals surface area (Å²) in [6.45, 7) is 0.448. The van der Waals surface area contributed by atoms with E-state index < -0.39 is 18.1 Å². The second-order valence-corrected chi connectivity index (χ2v) is 6.98. The Morgan fingerprint density at radius 3 is 2.46 bits per heavy atom. The van der Waals surface area contributed by atoms with Crippen LogP contribution >= 0.6 is 11.8 Å². The number of aliphatic hydroxyl groups is 1. The maximum atomic E-state index is 11.9. The lowest BCUT2D eigenvalue weighted by Crippen LogP contribution is -2.47. The van der Waals surface area contributed by atoms with Gasteiger partial charge in [0.15, 0.2) is 0 Å². The molecule has 2 atom stereocenters. The van der Waals surface area contributed by atoms with Crippen molar-refractivity contribution in [2.75, 3.05) is 18.6 Å². The highest BCUT2D eigenvalue weighted by atomic mass is 32.2. The highest BCUT2D eigenvalue weighted by Gasteiger charge is 2.21. The topological polar surface area (TPSA) is 84.6 Å². The van der Waals surface area contributed by atoms with Gasteiger partial charge in [-0.1, -0.05) is 30.3 Å². The molecular weight excluding hydrogens is 348 g/mol. The van der Waals surface area contributed by atoms with Crippen LogP contribution in [0.3, 0.4) is 0 Å². The average molecular weight is 375 g/mol. The molecule has 2 aromatic rings. The fourth-order valence-corrected chi connectivity index (χ4v) is 2.90. The summed E-state index contributed by atoms with van der Waals surface area (Å²) in [6, 6.07) is 16.8.